The summed E-state index contributed by atoms with van der Waals surface area (Å²) >= 11 is 1.66. The summed E-state index contributed by atoms with van der Waals surface area (Å²) in [6.07, 6.45) is 3.28. The number of rotatable bonds is 6. The summed E-state index contributed by atoms with van der Waals surface area (Å²) in [5, 5.41) is 0.0535. The van der Waals surface area contributed by atoms with Gasteiger partial charge in [-0.15, -0.1) is 18.3 Å². The molecule has 0 saturated heterocycles. The molecule has 0 aromatic carbocycles. The molecule has 1 aromatic rings. The van der Waals surface area contributed by atoms with Gasteiger partial charge >= 0.3 is 0 Å². The maximum absolute atomic E-state index is 12.1. The van der Waals surface area contributed by atoms with Crippen LogP contribution in [0.2, 0.25) is 18.1 Å². The Morgan fingerprint density at radius 1 is 1.45 bits per heavy atom. The lowest BCUT2D eigenvalue weighted by Crippen LogP contribution is -2.44. The van der Waals surface area contributed by atoms with Crippen LogP contribution in [-0.2, 0) is 5.75 Å². The predicted octanol–water partition coefficient (Wildman–Crippen LogP) is 4.44. The van der Waals surface area contributed by atoms with Crippen LogP contribution >= 0.6 is 11.8 Å². The Kier molecular flexibility index (Phi) is 5.71. The fraction of sp³-hybridized carbons (Fsp3) is 0.533. The molecule has 0 aliphatic heterocycles. The van der Waals surface area contributed by atoms with Crippen LogP contribution in [0.1, 0.15) is 26.5 Å². The zero-order valence-electron chi connectivity index (χ0n) is 13.0. The molecule has 1 rings (SSSR count). The highest BCUT2D eigenvalue weighted by molar-refractivity contribution is 7.98. The van der Waals surface area contributed by atoms with Crippen LogP contribution in [0, 0.1) is 0 Å². The lowest BCUT2D eigenvalue weighted by molar-refractivity contribution is 0.440. The SMILES string of the molecule is C=CCSCc1cc(=O)c(O[Si](C)(C)C(C)(C)C)co1. The smallest absolute Gasteiger partial charge is 0.250 e. The van der Waals surface area contributed by atoms with Crippen molar-refractivity contribution in [3.63, 3.8) is 0 Å². The quantitative estimate of drug-likeness (QED) is 0.442. The van der Waals surface area contributed by atoms with Gasteiger partial charge in [-0.2, -0.15) is 0 Å². The first kappa shape index (κ1) is 17.1. The third-order valence-electron chi connectivity index (χ3n) is 3.50. The normalized spacial score (nSPS) is 12.2. The fourth-order valence-corrected chi connectivity index (χ4v) is 2.90. The molecule has 0 unspecified atom stereocenters. The van der Waals surface area contributed by atoms with Gasteiger partial charge < -0.3 is 8.84 Å². The molecule has 112 valence electrons. The van der Waals surface area contributed by atoms with E-state index in [2.05, 4.69) is 40.4 Å². The predicted molar refractivity (Wildman–Crippen MR) is 89.2 cm³/mol. The Morgan fingerprint density at radius 3 is 2.60 bits per heavy atom. The third-order valence-corrected chi connectivity index (χ3v) is 8.81. The first-order valence-corrected chi connectivity index (χ1v) is 10.7. The van der Waals surface area contributed by atoms with E-state index in [1.807, 2.05) is 6.08 Å². The van der Waals surface area contributed by atoms with Crippen LogP contribution in [0.3, 0.4) is 0 Å². The Hall–Kier alpha value is -0.943. The van der Waals surface area contributed by atoms with Crippen molar-refractivity contribution in [1.82, 2.24) is 0 Å². The average molecular weight is 313 g/mol. The largest absolute Gasteiger partial charge is 0.539 e. The van der Waals surface area contributed by atoms with Crippen molar-refractivity contribution in [2.45, 2.75) is 44.7 Å². The van der Waals surface area contributed by atoms with Gasteiger partial charge in [0.1, 0.15) is 12.0 Å². The van der Waals surface area contributed by atoms with Gasteiger partial charge in [-0.05, 0) is 18.1 Å². The fourth-order valence-electron chi connectivity index (χ4n) is 1.26. The van der Waals surface area contributed by atoms with E-state index in [-0.39, 0.29) is 10.5 Å². The van der Waals surface area contributed by atoms with Gasteiger partial charge in [-0.3, -0.25) is 4.79 Å². The van der Waals surface area contributed by atoms with Crippen LogP contribution in [0.4, 0.5) is 0 Å². The second-order valence-corrected chi connectivity index (χ2v) is 12.0. The van der Waals surface area contributed by atoms with Gasteiger partial charge in [0.2, 0.25) is 5.43 Å². The van der Waals surface area contributed by atoms with E-state index in [4.69, 9.17) is 8.84 Å². The monoisotopic (exact) mass is 312 g/mol. The molecule has 3 nitrogen and oxygen atoms in total. The minimum atomic E-state index is -2.00. The Labute approximate surface area is 126 Å². The van der Waals surface area contributed by atoms with Crippen LogP contribution in [-0.4, -0.2) is 14.1 Å². The minimum Gasteiger partial charge on any atom is -0.539 e. The van der Waals surface area contributed by atoms with Crippen molar-refractivity contribution in [2.24, 2.45) is 0 Å². The molecular formula is C15H24O3SSi. The van der Waals surface area contributed by atoms with Crippen molar-refractivity contribution in [3.05, 3.63) is 41.0 Å². The van der Waals surface area contributed by atoms with Crippen LogP contribution in [0.25, 0.3) is 0 Å². The Bertz CT molecular complexity index is 515. The first-order valence-electron chi connectivity index (χ1n) is 6.67. The van der Waals surface area contributed by atoms with E-state index in [0.29, 0.717) is 17.3 Å². The first-order chi connectivity index (χ1) is 9.17. The molecule has 20 heavy (non-hydrogen) atoms. The lowest BCUT2D eigenvalue weighted by atomic mass is 10.2. The summed E-state index contributed by atoms with van der Waals surface area (Å²) in [6, 6.07) is 1.53. The highest BCUT2D eigenvalue weighted by Crippen LogP contribution is 2.36. The van der Waals surface area contributed by atoms with Crippen molar-refractivity contribution in [3.8, 4) is 5.75 Å². The molecular weight excluding hydrogens is 288 g/mol. The second kappa shape index (κ2) is 6.67. The summed E-state index contributed by atoms with van der Waals surface area (Å²) in [4.78, 5) is 12.1. The van der Waals surface area contributed by atoms with Gasteiger partial charge in [0, 0.05) is 11.8 Å². The summed E-state index contributed by atoms with van der Waals surface area (Å²) in [5.74, 6) is 2.51. The maximum atomic E-state index is 12.1. The van der Waals surface area contributed by atoms with E-state index in [9.17, 15) is 4.79 Å². The molecule has 0 atom stereocenters. The zero-order chi connectivity index (χ0) is 15.4. The molecule has 1 heterocycles. The Morgan fingerprint density at radius 2 is 2.10 bits per heavy atom. The van der Waals surface area contributed by atoms with Gasteiger partial charge in [-0.25, -0.2) is 0 Å². The maximum Gasteiger partial charge on any atom is 0.250 e. The van der Waals surface area contributed by atoms with Gasteiger partial charge in [-0.1, -0.05) is 26.8 Å². The molecule has 1 aromatic heterocycles. The van der Waals surface area contributed by atoms with Crippen molar-refractivity contribution in [2.75, 3.05) is 5.75 Å². The highest BCUT2D eigenvalue weighted by atomic mass is 32.2. The molecule has 0 bridgehead atoms. The standard InChI is InChI=1S/C15H24O3SSi/c1-7-8-19-11-12-9-13(16)14(10-17-12)18-20(5,6)15(2,3)4/h7,9-10H,1,8,11H2,2-6H3. The van der Waals surface area contributed by atoms with Crippen molar-refractivity contribution >= 4 is 20.1 Å². The van der Waals surface area contributed by atoms with Gasteiger partial charge in [0.25, 0.3) is 8.32 Å². The second-order valence-electron chi connectivity index (χ2n) is 6.24. The van der Waals surface area contributed by atoms with E-state index in [1.54, 1.807) is 11.8 Å². The lowest BCUT2D eigenvalue weighted by Gasteiger charge is -2.35. The van der Waals surface area contributed by atoms with E-state index < -0.39 is 8.32 Å². The van der Waals surface area contributed by atoms with Gasteiger partial charge in [0.15, 0.2) is 5.75 Å². The van der Waals surface area contributed by atoms with E-state index in [1.165, 1.54) is 12.3 Å². The Balaban J connectivity index is 2.84. The van der Waals surface area contributed by atoms with Crippen LogP contribution in [0.5, 0.6) is 5.75 Å². The topological polar surface area (TPSA) is 39.4 Å². The molecule has 0 spiro atoms. The van der Waals surface area contributed by atoms with Crippen molar-refractivity contribution in [1.29, 1.82) is 0 Å². The molecule has 5 heteroatoms. The van der Waals surface area contributed by atoms with E-state index >= 15 is 0 Å². The summed E-state index contributed by atoms with van der Waals surface area (Å²) in [6.45, 7) is 14.3. The number of hydrogen-bond donors (Lipinski definition) is 0. The molecule has 0 aliphatic rings. The van der Waals surface area contributed by atoms with Crippen molar-refractivity contribution < 1.29 is 8.84 Å². The molecule has 0 amide bonds. The van der Waals surface area contributed by atoms with Gasteiger partial charge in [0.05, 0.1) is 5.75 Å². The van der Waals surface area contributed by atoms with E-state index in [0.717, 1.165) is 5.75 Å². The van der Waals surface area contributed by atoms with Crippen LogP contribution < -0.4 is 9.85 Å². The highest BCUT2D eigenvalue weighted by Gasteiger charge is 2.39. The molecule has 0 fully saturated rings. The molecule has 0 aliphatic carbocycles. The molecule has 0 N–H and O–H groups in total. The molecule has 0 radical (unpaired) electrons. The third kappa shape index (κ3) is 4.56. The summed E-state index contributed by atoms with van der Waals surface area (Å²) in [5.41, 5.74) is -0.102. The number of thioether (sulfide) groups is 1. The average Bonchev–Trinajstić information content (AvgIpc) is 2.31. The summed E-state index contributed by atoms with van der Waals surface area (Å²) < 4.78 is 11.5. The molecule has 0 saturated carbocycles. The van der Waals surface area contributed by atoms with Crippen LogP contribution in [0.15, 0.2) is 34.2 Å². The summed E-state index contributed by atoms with van der Waals surface area (Å²) in [7, 11) is -2.00. The zero-order valence-corrected chi connectivity index (χ0v) is 14.8. The number of hydrogen-bond acceptors (Lipinski definition) is 4. The minimum absolute atomic E-state index is 0.0535.